The predicted molar refractivity (Wildman–Crippen MR) is 175 cm³/mol. The quantitative estimate of drug-likeness (QED) is 0.241. The maximum absolute atomic E-state index is 13.8. The molecule has 1 fully saturated rings. The Balaban J connectivity index is 1.51. The Bertz CT molecular complexity index is 1460. The predicted octanol–water partition coefficient (Wildman–Crippen LogP) is 5.15. The Labute approximate surface area is 266 Å². The summed E-state index contributed by atoms with van der Waals surface area (Å²) in [5.74, 6) is -0.299. The third-order valence-corrected chi connectivity index (χ3v) is 8.17. The first kappa shape index (κ1) is 34.0. The van der Waals surface area contributed by atoms with Gasteiger partial charge in [-0.05, 0) is 82.7 Å². The molecule has 0 bridgehead atoms. The van der Waals surface area contributed by atoms with Crippen molar-refractivity contribution >= 4 is 34.5 Å². The fourth-order valence-corrected chi connectivity index (χ4v) is 6.26. The lowest BCUT2D eigenvalue weighted by atomic mass is 9.91. The molecule has 1 saturated heterocycles. The first-order chi connectivity index (χ1) is 21.5. The first-order valence-corrected chi connectivity index (χ1v) is 15.8. The van der Waals surface area contributed by atoms with Crippen LogP contribution in [-0.4, -0.2) is 77.5 Å². The van der Waals surface area contributed by atoms with Crippen LogP contribution in [0.1, 0.15) is 69.2 Å². The van der Waals surface area contributed by atoms with Crippen LogP contribution in [0.15, 0.2) is 48.5 Å². The van der Waals surface area contributed by atoms with Crippen molar-refractivity contribution in [3.05, 3.63) is 65.4 Å². The topological polar surface area (TPSA) is 122 Å². The van der Waals surface area contributed by atoms with E-state index in [2.05, 4.69) is 46.4 Å². The number of aryl methyl sites for hydroxylation is 2. The molecule has 0 radical (unpaired) electrons. The maximum atomic E-state index is 13.8. The van der Waals surface area contributed by atoms with Crippen molar-refractivity contribution in [3.63, 3.8) is 0 Å². The molecule has 2 heterocycles. The number of benzene rings is 2. The molecule has 45 heavy (non-hydrogen) atoms. The van der Waals surface area contributed by atoms with Gasteiger partial charge >= 0.3 is 6.09 Å². The number of ether oxygens (including phenoxy) is 2. The highest BCUT2D eigenvalue weighted by Gasteiger charge is 2.31. The van der Waals surface area contributed by atoms with E-state index in [1.54, 1.807) is 40.0 Å². The molecule has 244 valence electrons. The number of rotatable bonds is 12. The molecule has 3 aromatic rings. The fraction of sp³-hybridized carbons (Fsp3) is 0.514. The minimum Gasteiger partial charge on any atom is -0.444 e. The van der Waals surface area contributed by atoms with Gasteiger partial charge < -0.3 is 34.7 Å². The van der Waals surface area contributed by atoms with Gasteiger partial charge in [0.15, 0.2) is 0 Å². The van der Waals surface area contributed by atoms with Crippen LogP contribution in [0.5, 0.6) is 0 Å². The zero-order valence-corrected chi connectivity index (χ0v) is 27.2. The van der Waals surface area contributed by atoms with Crippen LogP contribution in [0.3, 0.4) is 0 Å². The highest BCUT2D eigenvalue weighted by molar-refractivity contribution is 5.91. The number of piperidine rings is 1. The minimum absolute atomic E-state index is 0.00714. The lowest BCUT2D eigenvalue weighted by Gasteiger charge is -2.35. The fourth-order valence-electron chi connectivity index (χ4n) is 6.26. The molecule has 0 aliphatic carbocycles. The smallest absolute Gasteiger partial charge is 0.407 e. The van der Waals surface area contributed by atoms with Gasteiger partial charge in [0.05, 0.1) is 0 Å². The Kier molecular flexibility index (Phi) is 11.6. The average Bonchev–Trinajstić information content (AvgIpc) is 3.28. The monoisotopic (exact) mass is 620 g/mol. The number of aliphatic hydroxyl groups excluding tert-OH is 1. The minimum atomic E-state index is -0.676. The molecule has 3 amide bonds. The molecule has 0 saturated carbocycles. The van der Waals surface area contributed by atoms with Gasteiger partial charge in [0, 0.05) is 74.0 Å². The molecule has 1 aliphatic rings. The number of aromatic nitrogens is 1. The van der Waals surface area contributed by atoms with Crippen LogP contribution >= 0.6 is 0 Å². The van der Waals surface area contributed by atoms with Crippen molar-refractivity contribution < 1.29 is 29.0 Å². The normalized spacial score (nSPS) is 16.0. The van der Waals surface area contributed by atoms with Crippen molar-refractivity contribution in [2.24, 2.45) is 0 Å². The number of carbonyl (C=O) groups excluding carboxylic acids is 3. The number of fused-ring (bicyclic) bond motifs is 1. The molecular formula is C35H48N4O6. The lowest BCUT2D eigenvalue weighted by molar-refractivity contribution is -0.133. The second kappa shape index (κ2) is 15.4. The zero-order valence-electron chi connectivity index (χ0n) is 27.2. The van der Waals surface area contributed by atoms with E-state index in [9.17, 15) is 14.4 Å². The van der Waals surface area contributed by atoms with E-state index in [0.29, 0.717) is 31.8 Å². The maximum Gasteiger partial charge on any atom is 0.407 e. The molecular weight excluding hydrogens is 572 g/mol. The highest BCUT2D eigenvalue weighted by atomic mass is 16.6. The Morgan fingerprint density at radius 1 is 1.09 bits per heavy atom. The molecule has 10 nitrogen and oxygen atoms in total. The van der Waals surface area contributed by atoms with Crippen molar-refractivity contribution in [1.82, 2.24) is 14.8 Å². The molecule has 0 spiro atoms. The summed E-state index contributed by atoms with van der Waals surface area (Å²) in [6, 6.07) is 15.1. The van der Waals surface area contributed by atoms with Gasteiger partial charge in [-0.1, -0.05) is 30.3 Å². The number of amides is 3. The van der Waals surface area contributed by atoms with Crippen LogP contribution in [0, 0.1) is 6.92 Å². The SMILES string of the molecule is COCCCn1c(C2CCCN(C(=O)CC(Cc3ccc(NC(=O)CO)cc3)NC(=O)OC(C)(C)C)C2)c(C)c2ccccc21. The summed E-state index contributed by atoms with van der Waals surface area (Å²) in [4.78, 5) is 40.1. The van der Waals surface area contributed by atoms with E-state index in [-0.39, 0.29) is 18.2 Å². The summed E-state index contributed by atoms with van der Waals surface area (Å²) < 4.78 is 13.3. The van der Waals surface area contributed by atoms with E-state index in [4.69, 9.17) is 14.6 Å². The van der Waals surface area contributed by atoms with E-state index in [0.717, 1.165) is 31.4 Å². The molecule has 2 aromatic carbocycles. The average molecular weight is 621 g/mol. The van der Waals surface area contributed by atoms with E-state index in [1.807, 2.05) is 17.0 Å². The van der Waals surface area contributed by atoms with Gasteiger partial charge in [-0.2, -0.15) is 0 Å². The largest absolute Gasteiger partial charge is 0.444 e. The Hall–Kier alpha value is -3.89. The molecule has 2 atom stereocenters. The molecule has 10 heteroatoms. The third kappa shape index (κ3) is 9.31. The Morgan fingerprint density at radius 2 is 1.82 bits per heavy atom. The van der Waals surface area contributed by atoms with Gasteiger partial charge in [0.25, 0.3) is 0 Å². The van der Waals surface area contributed by atoms with Gasteiger partial charge in [-0.3, -0.25) is 9.59 Å². The van der Waals surface area contributed by atoms with Gasteiger partial charge in [-0.25, -0.2) is 4.79 Å². The first-order valence-electron chi connectivity index (χ1n) is 15.8. The highest BCUT2D eigenvalue weighted by Crippen LogP contribution is 2.36. The van der Waals surface area contributed by atoms with E-state index in [1.165, 1.54) is 22.2 Å². The number of carbonyl (C=O) groups is 3. The number of hydrogen-bond donors (Lipinski definition) is 3. The number of likely N-dealkylation sites (tertiary alicyclic amines) is 1. The standard InChI is InChI=1S/C35H48N4O6/c1-24-29-11-6-7-12-30(29)39(18-9-19-44-5)33(24)26-10-8-17-38(22-26)32(42)21-28(37-34(43)45-35(2,3)4)20-25-13-15-27(16-14-25)36-31(41)23-40/h6-7,11-16,26,28,40H,8-10,17-23H2,1-5H3,(H,36,41)(H,37,43). The summed E-state index contributed by atoms with van der Waals surface area (Å²) in [5.41, 5.74) is 4.55. The third-order valence-electron chi connectivity index (χ3n) is 8.17. The number of methoxy groups -OCH3 is 1. The van der Waals surface area contributed by atoms with Crippen LogP contribution in [-0.2, 0) is 32.0 Å². The second-order valence-corrected chi connectivity index (χ2v) is 12.9. The second-order valence-electron chi connectivity index (χ2n) is 12.9. The number of nitrogens with zero attached hydrogens (tertiary/aromatic N) is 2. The van der Waals surface area contributed by atoms with Crippen molar-refractivity contribution in [1.29, 1.82) is 0 Å². The Morgan fingerprint density at radius 3 is 2.51 bits per heavy atom. The molecule has 1 aromatic heterocycles. The van der Waals surface area contributed by atoms with Crippen LogP contribution in [0.25, 0.3) is 10.9 Å². The van der Waals surface area contributed by atoms with Gasteiger partial charge in [0.2, 0.25) is 11.8 Å². The van der Waals surface area contributed by atoms with Crippen molar-refractivity contribution in [2.45, 2.75) is 83.9 Å². The van der Waals surface area contributed by atoms with Crippen LogP contribution in [0.2, 0.25) is 0 Å². The number of nitrogens with one attached hydrogen (secondary N) is 2. The lowest BCUT2D eigenvalue weighted by Crippen LogP contribution is -2.46. The number of aliphatic hydroxyl groups is 1. The summed E-state index contributed by atoms with van der Waals surface area (Å²) in [6.07, 6.45) is 2.78. The molecule has 2 unspecified atom stereocenters. The molecule has 1 aliphatic heterocycles. The van der Waals surface area contributed by atoms with Crippen LogP contribution < -0.4 is 10.6 Å². The van der Waals surface area contributed by atoms with E-state index < -0.39 is 30.3 Å². The molecule has 3 N–H and O–H groups in total. The van der Waals surface area contributed by atoms with Gasteiger partial charge in [-0.15, -0.1) is 0 Å². The number of alkyl carbamates (subject to hydrolysis) is 1. The summed E-state index contributed by atoms with van der Waals surface area (Å²) in [7, 11) is 1.73. The summed E-state index contributed by atoms with van der Waals surface area (Å²) in [5, 5.41) is 15.8. The summed E-state index contributed by atoms with van der Waals surface area (Å²) >= 11 is 0. The van der Waals surface area contributed by atoms with E-state index >= 15 is 0 Å². The van der Waals surface area contributed by atoms with Crippen molar-refractivity contribution in [3.8, 4) is 0 Å². The molecule has 4 rings (SSSR count). The number of para-hydroxylation sites is 1. The van der Waals surface area contributed by atoms with Crippen LogP contribution in [0.4, 0.5) is 10.5 Å². The number of hydrogen-bond acceptors (Lipinski definition) is 6. The number of anilines is 1. The zero-order chi connectivity index (χ0) is 32.6. The van der Waals surface area contributed by atoms with Crippen molar-refractivity contribution in [2.75, 3.05) is 38.7 Å². The van der Waals surface area contributed by atoms with Gasteiger partial charge in [0.1, 0.15) is 12.2 Å². The summed E-state index contributed by atoms with van der Waals surface area (Å²) in [6.45, 7) is 9.84.